The van der Waals surface area contributed by atoms with Gasteiger partial charge in [-0.2, -0.15) is 0 Å². The fourth-order valence-electron chi connectivity index (χ4n) is 3.93. The highest BCUT2D eigenvalue weighted by Gasteiger charge is 2.31. The summed E-state index contributed by atoms with van der Waals surface area (Å²) in [6, 6.07) is 13.7. The number of ether oxygens (including phenoxy) is 2. The van der Waals surface area contributed by atoms with Gasteiger partial charge in [-0.15, -0.1) is 0 Å². The minimum Gasteiger partial charge on any atom is -0.486 e. The molecule has 1 atom stereocenters. The van der Waals surface area contributed by atoms with Crippen LogP contribution in [-0.2, 0) is 26.0 Å². The maximum absolute atomic E-state index is 13.7. The molecule has 0 saturated carbocycles. The summed E-state index contributed by atoms with van der Waals surface area (Å²) >= 11 is 0. The van der Waals surface area contributed by atoms with E-state index in [0.717, 1.165) is 9.87 Å². The van der Waals surface area contributed by atoms with Crippen LogP contribution in [0.5, 0.6) is 11.5 Å². The van der Waals surface area contributed by atoms with E-state index in [-0.39, 0.29) is 24.1 Å². The molecule has 2 aromatic carbocycles. The van der Waals surface area contributed by atoms with E-state index >= 15 is 0 Å². The zero-order valence-corrected chi connectivity index (χ0v) is 22.8. The van der Waals surface area contributed by atoms with Gasteiger partial charge in [-0.1, -0.05) is 44.2 Å². The lowest BCUT2D eigenvalue weighted by molar-refractivity contribution is -0.138. The molecule has 0 aromatic heterocycles. The van der Waals surface area contributed by atoms with Crippen LogP contribution in [0.4, 0.5) is 5.69 Å². The van der Waals surface area contributed by atoms with Crippen LogP contribution in [0.2, 0.25) is 0 Å². The standard InChI is InChI=1S/C27H37N3O6S/c1-5-37(33,34)30(23-11-12-24-25(17-23)36-16-15-35-24)19-26(31)29(14-13-22-9-7-6-8-10-22)21(4)27(32)28-18-20(2)3/h6-12,17,20-21H,5,13-16,18-19H2,1-4H3,(H,28,32)/t21-/m0/s1. The molecule has 1 N–H and O–H groups in total. The lowest BCUT2D eigenvalue weighted by atomic mass is 10.1. The van der Waals surface area contributed by atoms with Crippen molar-refractivity contribution >= 4 is 27.5 Å². The molecule has 0 bridgehead atoms. The van der Waals surface area contributed by atoms with Crippen LogP contribution in [0.3, 0.4) is 0 Å². The number of fused-ring (bicyclic) bond motifs is 1. The van der Waals surface area contributed by atoms with Crippen molar-refractivity contribution in [3.8, 4) is 11.5 Å². The highest BCUT2D eigenvalue weighted by atomic mass is 32.2. The van der Waals surface area contributed by atoms with Crippen LogP contribution in [0.1, 0.15) is 33.3 Å². The van der Waals surface area contributed by atoms with E-state index in [1.54, 1.807) is 25.1 Å². The van der Waals surface area contributed by atoms with Gasteiger partial charge >= 0.3 is 0 Å². The maximum atomic E-state index is 13.7. The van der Waals surface area contributed by atoms with Crippen LogP contribution >= 0.6 is 0 Å². The molecule has 2 amide bonds. The van der Waals surface area contributed by atoms with Gasteiger partial charge in [0.15, 0.2) is 11.5 Å². The fraction of sp³-hybridized carbons (Fsp3) is 0.481. The molecule has 9 nitrogen and oxygen atoms in total. The van der Waals surface area contributed by atoms with Gasteiger partial charge in [0.2, 0.25) is 21.8 Å². The Kier molecular flexibility index (Phi) is 9.79. The lowest BCUT2D eigenvalue weighted by Crippen LogP contribution is -2.52. The Hall–Kier alpha value is -3.27. The number of anilines is 1. The van der Waals surface area contributed by atoms with Gasteiger partial charge < -0.3 is 19.7 Å². The van der Waals surface area contributed by atoms with Gasteiger partial charge in [0, 0.05) is 19.2 Å². The maximum Gasteiger partial charge on any atom is 0.244 e. The van der Waals surface area contributed by atoms with Crippen LogP contribution in [-0.4, -0.2) is 69.8 Å². The molecule has 3 rings (SSSR count). The van der Waals surface area contributed by atoms with Gasteiger partial charge in [0.25, 0.3) is 0 Å². The summed E-state index contributed by atoms with van der Waals surface area (Å²) in [5, 5.41) is 2.88. The van der Waals surface area contributed by atoms with E-state index in [1.165, 1.54) is 11.8 Å². The molecule has 0 radical (unpaired) electrons. The number of benzene rings is 2. The molecule has 0 fully saturated rings. The van der Waals surface area contributed by atoms with Crippen molar-refractivity contribution < 1.29 is 27.5 Å². The Labute approximate surface area is 219 Å². The van der Waals surface area contributed by atoms with E-state index in [0.29, 0.717) is 43.4 Å². The third kappa shape index (κ3) is 7.61. The molecule has 1 heterocycles. The van der Waals surface area contributed by atoms with E-state index in [9.17, 15) is 18.0 Å². The summed E-state index contributed by atoms with van der Waals surface area (Å²) < 4.78 is 38.4. The number of rotatable bonds is 12. The second-order valence-electron chi connectivity index (χ2n) is 9.37. The Bertz CT molecular complexity index is 1170. The molecule has 0 saturated heterocycles. The van der Waals surface area contributed by atoms with Crippen molar-refractivity contribution in [2.45, 2.75) is 40.2 Å². The fourth-order valence-corrected chi connectivity index (χ4v) is 4.98. The second-order valence-corrected chi connectivity index (χ2v) is 11.6. The summed E-state index contributed by atoms with van der Waals surface area (Å²) in [7, 11) is -3.81. The van der Waals surface area contributed by atoms with Crippen molar-refractivity contribution in [3.05, 3.63) is 54.1 Å². The number of hydrogen-bond donors (Lipinski definition) is 1. The number of carbonyl (C=O) groups excluding carboxylic acids is 2. The van der Waals surface area contributed by atoms with Gasteiger partial charge in [-0.3, -0.25) is 13.9 Å². The quantitative estimate of drug-likeness (QED) is 0.452. The summed E-state index contributed by atoms with van der Waals surface area (Å²) in [6.45, 7) is 8.25. The predicted molar refractivity (Wildman–Crippen MR) is 143 cm³/mol. The van der Waals surface area contributed by atoms with E-state index in [1.807, 2.05) is 44.2 Å². The number of nitrogens with one attached hydrogen (secondary N) is 1. The first-order chi connectivity index (χ1) is 17.6. The summed E-state index contributed by atoms with van der Waals surface area (Å²) in [6.07, 6.45) is 0.527. The van der Waals surface area contributed by atoms with Crippen molar-refractivity contribution in [3.63, 3.8) is 0 Å². The SMILES string of the molecule is CCS(=O)(=O)N(CC(=O)N(CCc1ccccc1)[C@@H](C)C(=O)NCC(C)C)c1ccc2c(c1)OCCO2. The zero-order chi connectivity index (χ0) is 27.0. The third-order valence-electron chi connectivity index (χ3n) is 6.13. The van der Waals surface area contributed by atoms with Crippen molar-refractivity contribution in [1.29, 1.82) is 0 Å². The Morgan fingerprint density at radius 2 is 1.68 bits per heavy atom. The first-order valence-electron chi connectivity index (χ1n) is 12.6. The van der Waals surface area contributed by atoms with Crippen LogP contribution < -0.4 is 19.1 Å². The van der Waals surface area contributed by atoms with Gasteiger partial charge in [-0.05, 0) is 43.9 Å². The third-order valence-corrected chi connectivity index (χ3v) is 7.87. The first kappa shape index (κ1) is 28.3. The van der Waals surface area contributed by atoms with Crippen LogP contribution in [0.25, 0.3) is 0 Å². The van der Waals surface area contributed by atoms with Gasteiger partial charge in [0.1, 0.15) is 25.8 Å². The normalized spacial score (nSPS) is 13.6. The Morgan fingerprint density at radius 3 is 2.32 bits per heavy atom. The molecule has 37 heavy (non-hydrogen) atoms. The molecule has 0 unspecified atom stereocenters. The molecule has 1 aliphatic rings. The first-order valence-corrected chi connectivity index (χ1v) is 14.2. The topological polar surface area (TPSA) is 105 Å². The largest absolute Gasteiger partial charge is 0.486 e. The summed E-state index contributed by atoms with van der Waals surface area (Å²) in [5.41, 5.74) is 1.32. The number of nitrogens with zero attached hydrogens (tertiary/aromatic N) is 2. The van der Waals surface area contributed by atoms with Gasteiger partial charge in [-0.25, -0.2) is 8.42 Å². The molecule has 10 heteroatoms. The Morgan fingerprint density at radius 1 is 1.00 bits per heavy atom. The van der Waals surface area contributed by atoms with Crippen LogP contribution in [0.15, 0.2) is 48.5 Å². The molecule has 2 aromatic rings. The van der Waals surface area contributed by atoms with Crippen molar-refractivity contribution in [2.24, 2.45) is 5.92 Å². The number of sulfonamides is 1. The highest BCUT2D eigenvalue weighted by Crippen LogP contribution is 2.35. The zero-order valence-electron chi connectivity index (χ0n) is 22.0. The minimum absolute atomic E-state index is 0.191. The number of hydrogen-bond acceptors (Lipinski definition) is 6. The van der Waals surface area contributed by atoms with E-state index in [2.05, 4.69) is 5.32 Å². The monoisotopic (exact) mass is 531 g/mol. The van der Waals surface area contributed by atoms with Gasteiger partial charge in [0.05, 0.1) is 11.4 Å². The molecular weight excluding hydrogens is 494 g/mol. The smallest absolute Gasteiger partial charge is 0.244 e. The Balaban J connectivity index is 1.87. The molecule has 0 aliphatic carbocycles. The van der Waals surface area contributed by atoms with Crippen molar-refractivity contribution in [2.75, 3.05) is 42.9 Å². The number of amides is 2. The van der Waals surface area contributed by atoms with E-state index < -0.39 is 28.5 Å². The molecule has 1 aliphatic heterocycles. The molecular formula is C27H37N3O6S. The number of carbonyl (C=O) groups is 2. The minimum atomic E-state index is -3.81. The average Bonchev–Trinajstić information content (AvgIpc) is 2.90. The lowest BCUT2D eigenvalue weighted by Gasteiger charge is -2.32. The predicted octanol–water partition coefficient (Wildman–Crippen LogP) is 2.85. The average molecular weight is 532 g/mol. The summed E-state index contributed by atoms with van der Waals surface area (Å²) in [5.74, 6) is 0.271. The molecule has 0 spiro atoms. The van der Waals surface area contributed by atoms with Crippen LogP contribution in [0, 0.1) is 5.92 Å². The van der Waals surface area contributed by atoms with Crippen molar-refractivity contribution in [1.82, 2.24) is 10.2 Å². The summed E-state index contributed by atoms with van der Waals surface area (Å²) in [4.78, 5) is 28.0. The molecule has 202 valence electrons. The highest BCUT2D eigenvalue weighted by molar-refractivity contribution is 7.92. The van der Waals surface area contributed by atoms with E-state index in [4.69, 9.17) is 9.47 Å². The second kappa shape index (κ2) is 12.8.